The molecule has 0 aromatic heterocycles. The van der Waals surface area contributed by atoms with Crippen LogP contribution in [0.4, 0.5) is 0 Å². The van der Waals surface area contributed by atoms with Crippen molar-refractivity contribution in [2.24, 2.45) is 11.8 Å². The highest BCUT2D eigenvalue weighted by Crippen LogP contribution is 2.38. The fourth-order valence-corrected chi connectivity index (χ4v) is 4.11. The zero-order chi connectivity index (χ0) is 22.9. The Labute approximate surface area is 189 Å². The second-order valence-electron chi connectivity index (χ2n) is 8.07. The van der Waals surface area contributed by atoms with Gasteiger partial charge in [-0.1, -0.05) is 67.1 Å². The summed E-state index contributed by atoms with van der Waals surface area (Å²) >= 11 is 0. The van der Waals surface area contributed by atoms with E-state index in [4.69, 9.17) is 4.74 Å². The quantitative estimate of drug-likeness (QED) is 0.372. The van der Waals surface area contributed by atoms with Gasteiger partial charge in [-0.2, -0.15) is 0 Å². The van der Waals surface area contributed by atoms with Gasteiger partial charge in [-0.15, -0.1) is 0 Å². The van der Waals surface area contributed by atoms with Crippen molar-refractivity contribution >= 4 is 11.5 Å². The van der Waals surface area contributed by atoms with Gasteiger partial charge in [0.1, 0.15) is 18.5 Å². The minimum Gasteiger partial charge on any atom is -0.491 e. The first kappa shape index (κ1) is 23.5. The lowest BCUT2D eigenvalue weighted by atomic mass is 9.87. The van der Waals surface area contributed by atoms with Crippen LogP contribution in [0.5, 0.6) is 5.75 Å². The summed E-state index contributed by atoms with van der Waals surface area (Å²) in [5, 5.41) is 29.4. The van der Waals surface area contributed by atoms with Gasteiger partial charge in [0.15, 0.2) is 0 Å². The van der Waals surface area contributed by atoms with Gasteiger partial charge in [0.2, 0.25) is 0 Å². The summed E-state index contributed by atoms with van der Waals surface area (Å²) in [6.07, 6.45) is 8.04. The summed E-state index contributed by atoms with van der Waals surface area (Å²) < 4.78 is 5.60. The monoisotopic (exact) mass is 434 g/mol. The van der Waals surface area contributed by atoms with Gasteiger partial charge < -0.3 is 20.1 Å². The fraction of sp³-hybridized carbons (Fsp3) is 0.296. The highest BCUT2D eigenvalue weighted by atomic mass is 16.5. The van der Waals surface area contributed by atoms with Crippen LogP contribution < -0.4 is 4.74 Å². The molecule has 3 rings (SSSR count). The molecule has 32 heavy (non-hydrogen) atoms. The molecule has 3 atom stereocenters. The van der Waals surface area contributed by atoms with Crippen LogP contribution in [0.2, 0.25) is 0 Å². The Morgan fingerprint density at radius 2 is 1.88 bits per heavy atom. The molecule has 1 aliphatic rings. The largest absolute Gasteiger partial charge is 0.491 e. The van der Waals surface area contributed by atoms with Crippen molar-refractivity contribution < 1.29 is 24.9 Å². The molecule has 0 aliphatic heterocycles. The molecule has 5 nitrogen and oxygen atoms in total. The Morgan fingerprint density at radius 1 is 1.12 bits per heavy atom. The summed E-state index contributed by atoms with van der Waals surface area (Å²) in [5.41, 5.74) is 2.40. The van der Waals surface area contributed by atoms with Gasteiger partial charge in [0.25, 0.3) is 0 Å². The number of hydrogen-bond acceptors (Lipinski definition) is 4. The lowest BCUT2D eigenvalue weighted by molar-refractivity contribution is 0.0697. The highest BCUT2D eigenvalue weighted by Gasteiger charge is 2.27. The number of rotatable bonds is 10. The van der Waals surface area contributed by atoms with Crippen molar-refractivity contribution in [3.05, 3.63) is 96.1 Å². The predicted octanol–water partition coefficient (Wildman–Crippen LogP) is 4.73. The summed E-state index contributed by atoms with van der Waals surface area (Å²) in [5.74, 6) is 0.174. The molecule has 3 N–H and O–H groups in total. The summed E-state index contributed by atoms with van der Waals surface area (Å²) in [6, 6.07) is 15.9. The molecule has 0 bridgehead atoms. The van der Waals surface area contributed by atoms with E-state index in [1.807, 2.05) is 42.5 Å². The van der Waals surface area contributed by atoms with E-state index in [0.717, 1.165) is 30.6 Å². The number of para-hydroxylation sites is 1. The van der Waals surface area contributed by atoms with Crippen molar-refractivity contribution in [3.63, 3.8) is 0 Å². The molecule has 1 fully saturated rings. The maximum atomic E-state index is 11.3. The van der Waals surface area contributed by atoms with Crippen molar-refractivity contribution in [1.29, 1.82) is 0 Å². The van der Waals surface area contributed by atoms with Crippen LogP contribution in [-0.2, 0) is 0 Å². The van der Waals surface area contributed by atoms with Crippen molar-refractivity contribution in [3.8, 4) is 5.75 Å². The zero-order valence-corrected chi connectivity index (χ0v) is 18.1. The number of allylic oxidation sites excluding steroid dienone is 3. The molecule has 5 heteroatoms. The Bertz CT molecular complexity index is 977. The topological polar surface area (TPSA) is 87.0 Å². The third-order valence-electron chi connectivity index (χ3n) is 5.80. The Kier molecular flexibility index (Phi) is 8.42. The number of carboxylic acid groups (broad SMARTS) is 1. The maximum absolute atomic E-state index is 11.3. The molecule has 2 aromatic rings. The minimum atomic E-state index is -1.00. The Balaban J connectivity index is 1.64. The fourth-order valence-electron chi connectivity index (χ4n) is 4.11. The Hall–Kier alpha value is -3.15. The summed E-state index contributed by atoms with van der Waals surface area (Å²) in [4.78, 5) is 11.3. The van der Waals surface area contributed by atoms with E-state index in [9.17, 15) is 20.1 Å². The SMILES string of the molecule is C=C(/C=C(\CO)c1cccc(C(=O)O)c1)[C@H]1CCC[C@@H]1/C=C/C(O)COc1ccccc1. The lowest BCUT2D eigenvalue weighted by Crippen LogP contribution is -2.16. The molecular weight excluding hydrogens is 404 g/mol. The molecule has 0 heterocycles. The molecule has 0 saturated heterocycles. The molecule has 0 amide bonds. The molecule has 1 aliphatic carbocycles. The van der Waals surface area contributed by atoms with Crippen LogP contribution in [-0.4, -0.2) is 40.6 Å². The summed E-state index contributed by atoms with van der Waals surface area (Å²) in [6.45, 7) is 4.22. The third kappa shape index (κ3) is 6.42. The zero-order valence-electron chi connectivity index (χ0n) is 18.1. The lowest BCUT2D eigenvalue weighted by Gasteiger charge is -2.19. The van der Waals surface area contributed by atoms with Crippen LogP contribution in [0.15, 0.2) is 85.0 Å². The van der Waals surface area contributed by atoms with E-state index in [-0.39, 0.29) is 30.6 Å². The molecule has 0 spiro atoms. The van der Waals surface area contributed by atoms with E-state index in [2.05, 4.69) is 6.58 Å². The second-order valence-corrected chi connectivity index (χ2v) is 8.07. The van der Waals surface area contributed by atoms with Crippen LogP contribution >= 0.6 is 0 Å². The number of hydrogen-bond donors (Lipinski definition) is 3. The van der Waals surface area contributed by atoms with E-state index >= 15 is 0 Å². The average Bonchev–Trinajstić information content (AvgIpc) is 3.29. The summed E-state index contributed by atoms with van der Waals surface area (Å²) in [7, 11) is 0. The van der Waals surface area contributed by atoms with Crippen molar-refractivity contribution in [2.75, 3.05) is 13.2 Å². The van der Waals surface area contributed by atoms with Gasteiger partial charge in [0, 0.05) is 0 Å². The highest BCUT2D eigenvalue weighted by molar-refractivity contribution is 5.89. The van der Waals surface area contributed by atoms with Crippen LogP contribution in [0.3, 0.4) is 0 Å². The van der Waals surface area contributed by atoms with Gasteiger partial charge in [-0.25, -0.2) is 4.79 Å². The maximum Gasteiger partial charge on any atom is 0.335 e. The molecular formula is C27H30O5. The standard InChI is InChI=1S/C27H30O5/c1-19(15-23(17-28)21-8-5-9-22(16-21)27(30)31)26-12-6-7-20(26)13-14-24(29)18-32-25-10-3-2-4-11-25/h2-5,8-11,13-16,20,24,26,28-29H,1,6-7,12,17-18H2,(H,30,31)/b14-13+,23-15+/t20-,24?,26-/m1/s1. The number of benzene rings is 2. The van der Waals surface area contributed by atoms with Gasteiger partial charge >= 0.3 is 5.97 Å². The smallest absolute Gasteiger partial charge is 0.335 e. The number of aromatic carboxylic acids is 1. The molecule has 0 radical (unpaired) electrons. The number of aliphatic hydroxyl groups is 2. The van der Waals surface area contributed by atoms with Crippen LogP contribution in [0.25, 0.3) is 5.57 Å². The van der Waals surface area contributed by atoms with Crippen LogP contribution in [0.1, 0.15) is 35.2 Å². The van der Waals surface area contributed by atoms with Crippen molar-refractivity contribution in [2.45, 2.75) is 25.4 Å². The van der Waals surface area contributed by atoms with Crippen molar-refractivity contribution in [1.82, 2.24) is 0 Å². The van der Waals surface area contributed by atoms with E-state index in [1.165, 1.54) is 6.07 Å². The second kappa shape index (κ2) is 11.5. The minimum absolute atomic E-state index is 0.181. The van der Waals surface area contributed by atoms with E-state index in [1.54, 1.807) is 24.3 Å². The molecule has 1 unspecified atom stereocenters. The van der Waals surface area contributed by atoms with Gasteiger partial charge in [0.05, 0.1) is 12.2 Å². The Morgan fingerprint density at radius 3 is 2.59 bits per heavy atom. The molecule has 168 valence electrons. The average molecular weight is 435 g/mol. The van der Waals surface area contributed by atoms with Crippen LogP contribution in [0, 0.1) is 11.8 Å². The van der Waals surface area contributed by atoms with Gasteiger partial charge in [-0.05, 0) is 60.1 Å². The number of carbonyl (C=O) groups is 1. The molecule has 1 saturated carbocycles. The normalized spacial score (nSPS) is 19.8. The van der Waals surface area contributed by atoms with E-state index < -0.39 is 12.1 Å². The first-order valence-corrected chi connectivity index (χ1v) is 10.9. The number of carboxylic acids is 1. The number of aliphatic hydroxyl groups excluding tert-OH is 2. The van der Waals surface area contributed by atoms with E-state index in [0.29, 0.717) is 11.1 Å². The molecule has 2 aromatic carbocycles. The first-order valence-electron chi connectivity index (χ1n) is 10.9. The predicted molar refractivity (Wildman–Crippen MR) is 126 cm³/mol. The van der Waals surface area contributed by atoms with Gasteiger partial charge in [-0.3, -0.25) is 0 Å². The first-order chi connectivity index (χ1) is 15.5. The third-order valence-corrected chi connectivity index (χ3v) is 5.80. The number of ether oxygens (including phenoxy) is 1.